The third-order valence-electron chi connectivity index (χ3n) is 7.84. The number of carbonyl (C=O) groups is 4. The molecule has 3 N–H and O–H groups in total. The van der Waals surface area contributed by atoms with Crippen molar-refractivity contribution in [1.29, 1.82) is 0 Å². The second kappa shape index (κ2) is 11.1. The Hall–Kier alpha value is -3.48. The summed E-state index contributed by atoms with van der Waals surface area (Å²) in [7, 11) is 0. The van der Waals surface area contributed by atoms with Crippen molar-refractivity contribution in [3.8, 4) is 0 Å². The summed E-state index contributed by atoms with van der Waals surface area (Å²) in [6.07, 6.45) is 20.2. The highest BCUT2D eigenvalue weighted by atomic mass is 16.3. The van der Waals surface area contributed by atoms with Crippen molar-refractivity contribution in [2.75, 3.05) is 6.54 Å². The largest absolute Gasteiger partial charge is 0.507 e. The molecule has 7 heteroatoms. The van der Waals surface area contributed by atoms with Crippen molar-refractivity contribution in [3.63, 3.8) is 0 Å². The molecule has 2 bridgehead atoms. The number of carbonyl (C=O) groups excluding carboxylic acids is 4. The molecule has 2 aliphatic heterocycles. The maximum absolute atomic E-state index is 12.7. The molecule has 0 unspecified atom stereocenters. The first-order valence-electron chi connectivity index (χ1n) is 12.7. The third kappa shape index (κ3) is 5.35. The highest BCUT2D eigenvalue weighted by molar-refractivity contribution is 6.27. The Morgan fingerprint density at radius 1 is 0.972 bits per heavy atom. The second-order valence-electron chi connectivity index (χ2n) is 10.2. The van der Waals surface area contributed by atoms with Gasteiger partial charge in [0.1, 0.15) is 17.1 Å². The van der Waals surface area contributed by atoms with Gasteiger partial charge >= 0.3 is 0 Å². The van der Waals surface area contributed by atoms with Gasteiger partial charge in [0, 0.05) is 24.5 Å². The minimum Gasteiger partial charge on any atom is -0.507 e. The molecule has 2 fully saturated rings. The zero-order chi connectivity index (χ0) is 25.8. The molecule has 0 radical (unpaired) electrons. The summed E-state index contributed by atoms with van der Waals surface area (Å²) in [5, 5.41) is 15.9. The van der Waals surface area contributed by atoms with Crippen LogP contribution < -0.4 is 10.6 Å². The van der Waals surface area contributed by atoms with Crippen LogP contribution in [0.4, 0.5) is 0 Å². The lowest BCUT2D eigenvalue weighted by Gasteiger charge is -2.34. The highest BCUT2D eigenvalue weighted by Gasteiger charge is 2.47. The first-order chi connectivity index (χ1) is 17.3. The van der Waals surface area contributed by atoms with Gasteiger partial charge in [-0.25, -0.2) is 0 Å². The van der Waals surface area contributed by atoms with E-state index in [4.69, 9.17) is 0 Å². The minimum atomic E-state index is -0.707. The fraction of sp³-hybridized carbons (Fsp3) is 0.448. The van der Waals surface area contributed by atoms with Gasteiger partial charge in [0.2, 0.25) is 5.91 Å². The molecule has 1 saturated carbocycles. The van der Waals surface area contributed by atoms with Crippen LogP contribution in [-0.4, -0.2) is 41.1 Å². The molecule has 2 heterocycles. The lowest BCUT2D eigenvalue weighted by Crippen LogP contribution is -2.31. The molecule has 0 aromatic heterocycles. The summed E-state index contributed by atoms with van der Waals surface area (Å²) in [4.78, 5) is 49.5. The summed E-state index contributed by atoms with van der Waals surface area (Å²) >= 11 is 0. The molecule has 2 aliphatic carbocycles. The van der Waals surface area contributed by atoms with Gasteiger partial charge in [-0.3, -0.25) is 19.2 Å². The van der Waals surface area contributed by atoms with Gasteiger partial charge in [-0.1, -0.05) is 55.5 Å². The van der Waals surface area contributed by atoms with E-state index < -0.39 is 17.7 Å². The summed E-state index contributed by atoms with van der Waals surface area (Å²) < 4.78 is 0. The average Bonchev–Trinajstić information content (AvgIpc) is 3.31. The number of amides is 2. The number of rotatable bonds is 1. The van der Waals surface area contributed by atoms with Crippen molar-refractivity contribution < 1.29 is 24.3 Å². The Balaban J connectivity index is 1.65. The summed E-state index contributed by atoms with van der Waals surface area (Å²) in [6.45, 7) is 4.18. The Labute approximate surface area is 211 Å². The quantitative estimate of drug-likeness (QED) is 0.386. The van der Waals surface area contributed by atoms with Crippen molar-refractivity contribution in [1.82, 2.24) is 10.6 Å². The van der Waals surface area contributed by atoms with Crippen molar-refractivity contribution in [3.05, 3.63) is 72.1 Å². The first-order valence-corrected chi connectivity index (χ1v) is 12.7. The van der Waals surface area contributed by atoms with E-state index in [1.54, 1.807) is 19.1 Å². The topological polar surface area (TPSA) is 113 Å². The maximum Gasteiger partial charge on any atom is 0.259 e. The van der Waals surface area contributed by atoms with Crippen molar-refractivity contribution >= 4 is 23.4 Å². The second-order valence-corrected chi connectivity index (χ2v) is 10.2. The lowest BCUT2D eigenvalue weighted by atomic mass is 9.69. The zero-order valence-electron chi connectivity index (χ0n) is 20.7. The molecule has 4 aliphatic rings. The van der Waals surface area contributed by atoms with E-state index in [1.807, 2.05) is 12.2 Å². The van der Waals surface area contributed by atoms with Gasteiger partial charge in [-0.2, -0.15) is 0 Å². The molecule has 4 rings (SSSR count). The normalized spacial score (nSPS) is 40.5. The van der Waals surface area contributed by atoms with E-state index in [0.717, 1.165) is 6.42 Å². The number of Topliss-reactive ketones (excluding diaryl/α,β-unsaturated/α-hetero) is 2. The van der Waals surface area contributed by atoms with E-state index in [2.05, 4.69) is 41.9 Å². The number of aliphatic hydroxyl groups excluding tert-OH is 1. The first kappa shape index (κ1) is 25.6. The van der Waals surface area contributed by atoms with Crippen LogP contribution in [0.5, 0.6) is 0 Å². The standard InChI is InChI=1S/C29H34N2O5/c1-17-16-22-20-9-4-5-11-24(33)27-28(35)23(31-29(27)36)10-7-15-30-25(34)12-6-3-8-19(20)13-14-21(22)26(17)18(2)32/h3-6,8-9,11-14,17,19-23,26,33H,7,10,15-16H2,1-2H3,(H,30,34)(H,31,36)/b8-3+,9-4+,11-5+,12-6+,27-24-/t17-,19+,20+,21-,22-,23+,26+/m1/s1. The average molecular weight is 491 g/mol. The fourth-order valence-electron chi connectivity index (χ4n) is 6.22. The Kier molecular flexibility index (Phi) is 7.87. The highest BCUT2D eigenvalue weighted by Crippen LogP contribution is 2.51. The molecular weight excluding hydrogens is 456 g/mol. The van der Waals surface area contributed by atoms with E-state index >= 15 is 0 Å². The van der Waals surface area contributed by atoms with Crippen LogP contribution in [0.1, 0.15) is 33.1 Å². The number of allylic oxidation sites excluding steroid dienone is 9. The van der Waals surface area contributed by atoms with E-state index in [9.17, 15) is 24.3 Å². The van der Waals surface area contributed by atoms with Gasteiger partial charge in [-0.15, -0.1) is 0 Å². The van der Waals surface area contributed by atoms with E-state index in [-0.39, 0.29) is 52.6 Å². The van der Waals surface area contributed by atoms with Crippen LogP contribution in [0.2, 0.25) is 0 Å². The molecule has 1 saturated heterocycles. The van der Waals surface area contributed by atoms with Gasteiger partial charge in [-0.05, 0) is 55.9 Å². The van der Waals surface area contributed by atoms with Crippen LogP contribution in [-0.2, 0) is 19.2 Å². The predicted molar refractivity (Wildman–Crippen MR) is 136 cm³/mol. The van der Waals surface area contributed by atoms with Gasteiger partial charge in [0.15, 0.2) is 5.78 Å². The van der Waals surface area contributed by atoms with E-state index in [0.29, 0.717) is 25.3 Å². The van der Waals surface area contributed by atoms with Gasteiger partial charge in [0.25, 0.3) is 5.91 Å². The monoisotopic (exact) mass is 490 g/mol. The summed E-state index contributed by atoms with van der Waals surface area (Å²) in [5.41, 5.74) is -0.232. The number of hydrogen-bond donors (Lipinski definition) is 3. The number of fused-ring (bicyclic) bond motifs is 5. The Morgan fingerprint density at radius 3 is 2.50 bits per heavy atom. The van der Waals surface area contributed by atoms with Crippen molar-refractivity contribution in [2.24, 2.45) is 35.5 Å². The summed E-state index contributed by atoms with van der Waals surface area (Å²) in [6, 6.07) is -0.707. The van der Waals surface area contributed by atoms with Crippen LogP contribution in [0.15, 0.2) is 72.1 Å². The SMILES string of the molecule is CC(=O)[C@H]1[C@@H]2C=C[C@@H]3/C=C/C=C/C(=O)NCCC[C@@H]4NC(=O)/C(=C(O)/C=C/C=C/[C@@H]3[C@H]2C[C@H]1C)C4=O. The molecule has 0 spiro atoms. The molecule has 0 aromatic rings. The number of hydrogen-bond acceptors (Lipinski definition) is 5. The fourth-order valence-corrected chi connectivity index (χ4v) is 6.22. The molecular formula is C29H34N2O5. The van der Waals surface area contributed by atoms with Gasteiger partial charge in [0.05, 0.1) is 6.04 Å². The molecule has 0 aromatic carbocycles. The van der Waals surface area contributed by atoms with Gasteiger partial charge < -0.3 is 15.7 Å². The minimum absolute atomic E-state index is 0.00862. The summed E-state index contributed by atoms with van der Waals surface area (Å²) in [5.74, 6) is -0.422. The lowest BCUT2D eigenvalue weighted by molar-refractivity contribution is -0.122. The molecule has 2 amide bonds. The zero-order valence-corrected chi connectivity index (χ0v) is 20.7. The van der Waals surface area contributed by atoms with Crippen LogP contribution in [0, 0.1) is 35.5 Å². The molecule has 36 heavy (non-hydrogen) atoms. The molecule has 190 valence electrons. The molecule has 7 atom stereocenters. The van der Waals surface area contributed by atoms with Crippen LogP contribution in [0.25, 0.3) is 0 Å². The Bertz CT molecular complexity index is 1110. The smallest absolute Gasteiger partial charge is 0.259 e. The third-order valence-corrected chi connectivity index (χ3v) is 7.84. The number of aliphatic hydroxyl groups is 1. The number of ketones is 2. The van der Waals surface area contributed by atoms with Crippen LogP contribution in [0.3, 0.4) is 0 Å². The Morgan fingerprint density at radius 2 is 1.72 bits per heavy atom. The van der Waals surface area contributed by atoms with Crippen molar-refractivity contribution in [2.45, 2.75) is 39.2 Å². The maximum atomic E-state index is 12.7. The number of nitrogens with one attached hydrogen (secondary N) is 2. The van der Waals surface area contributed by atoms with E-state index in [1.165, 1.54) is 12.2 Å². The molecule has 7 nitrogen and oxygen atoms in total. The van der Waals surface area contributed by atoms with Crippen LogP contribution >= 0.6 is 0 Å². The predicted octanol–water partition coefficient (Wildman–Crippen LogP) is 3.28.